The minimum Gasteiger partial charge on any atom is -0.383 e. The highest BCUT2D eigenvalue weighted by Crippen LogP contribution is 2.36. The van der Waals surface area contributed by atoms with Crippen LogP contribution in [0.4, 0.5) is 11.4 Å². The van der Waals surface area contributed by atoms with Crippen molar-refractivity contribution in [3.63, 3.8) is 0 Å². The third-order valence-electron chi connectivity index (χ3n) is 5.61. The smallest absolute Gasteiger partial charge is 0.293 e. The van der Waals surface area contributed by atoms with Crippen LogP contribution in [0, 0.1) is 10.1 Å². The van der Waals surface area contributed by atoms with Gasteiger partial charge >= 0.3 is 0 Å². The zero-order valence-electron chi connectivity index (χ0n) is 16.5. The van der Waals surface area contributed by atoms with E-state index in [1.807, 2.05) is 24.3 Å². The molecule has 0 aliphatic heterocycles. The lowest BCUT2D eigenvalue weighted by Crippen LogP contribution is -2.37. The van der Waals surface area contributed by atoms with Gasteiger partial charge in [-0.3, -0.25) is 14.9 Å². The van der Waals surface area contributed by atoms with Crippen LogP contribution in [0.1, 0.15) is 40.2 Å². The number of hydrogen-bond donors (Lipinski definition) is 2. The van der Waals surface area contributed by atoms with Crippen LogP contribution >= 0.6 is 0 Å². The normalized spacial score (nSPS) is 17.9. The molecule has 1 aromatic heterocycles. The first kappa shape index (κ1) is 19.8. The second-order valence-electron chi connectivity index (χ2n) is 7.58. The van der Waals surface area contributed by atoms with Crippen molar-refractivity contribution in [2.75, 3.05) is 11.9 Å². The summed E-state index contributed by atoms with van der Waals surface area (Å²) in [6.07, 6.45) is 5.46. The zero-order chi connectivity index (χ0) is 21.3. The highest BCUT2D eigenvalue weighted by molar-refractivity contribution is 6.07. The Hall–Kier alpha value is -3.52. The highest BCUT2D eigenvalue weighted by Gasteiger charge is 2.34. The molecule has 2 aromatic carbocycles. The fourth-order valence-corrected chi connectivity index (χ4v) is 4.01. The molecule has 0 bridgehead atoms. The lowest BCUT2D eigenvalue weighted by Gasteiger charge is -2.35. The molecule has 0 fully saturated rings. The van der Waals surface area contributed by atoms with Crippen molar-refractivity contribution >= 4 is 17.2 Å². The van der Waals surface area contributed by atoms with E-state index in [-0.39, 0.29) is 29.3 Å². The number of aliphatic hydroxyl groups is 1. The van der Waals surface area contributed by atoms with Crippen molar-refractivity contribution in [3.8, 4) is 0 Å². The van der Waals surface area contributed by atoms with Gasteiger partial charge in [-0.25, -0.2) is 4.98 Å². The van der Waals surface area contributed by atoms with Gasteiger partial charge in [0.1, 0.15) is 11.3 Å². The summed E-state index contributed by atoms with van der Waals surface area (Å²) < 4.78 is 1.57. The largest absolute Gasteiger partial charge is 0.383 e. The number of aryl methyl sites for hydroxylation is 2. The van der Waals surface area contributed by atoms with Crippen LogP contribution in [0.2, 0.25) is 0 Å². The van der Waals surface area contributed by atoms with Crippen molar-refractivity contribution in [1.82, 2.24) is 9.55 Å². The lowest BCUT2D eigenvalue weighted by atomic mass is 9.79. The molecule has 1 aliphatic carbocycles. The number of nitro groups is 1. The Labute approximate surface area is 173 Å². The standard InChI is InChI=1S/C22H22N4O4/c1-25-12-11-23-21(25)20(27)16-8-9-18(19(13-16)26(29)30)24-14-22(28)10-4-6-15-5-2-3-7-17(15)22/h2-3,5,7-9,11-13,24,28H,4,6,10,14H2,1H3. The molecular weight excluding hydrogens is 384 g/mol. The maximum Gasteiger partial charge on any atom is 0.293 e. The van der Waals surface area contributed by atoms with Gasteiger partial charge in [0.05, 0.1) is 4.92 Å². The summed E-state index contributed by atoms with van der Waals surface area (Å²) in [6, 6.07) is 12.0. The second kappa shape index (κ2) is 7.72. The van der Waals surface area contributed by atoms with Gasteiger partial charge in [0.15, 0.2) is 5.82 Å². The fourth-order valence-electron chi connectivity index (χ4n) is 4.01. The zero-order valence-corrected chi connectivity index (χ0v) is 16.5. The number of benzene rings is 2. The molecule has 4 rings (SSSR count). The highest BCUT2D eigenvalue weighted by atomic mass is 16.6. The number of nitrogens with one attached hydrogen (secondary N) is 1. The molecule has 0 radical (unpaired) electrons. The van der Waals surface area contributed by atoms with Crippen LogP contribution in [0.25, 0.3) is 0 Å². The van der Waals surface area contributed by atoms with E-state index in [4.69, 9.17) is 0 Å². The molecular formula is C22H22N4O4. The molecule has 0 saturated carbocycles. The van der Waals surface area contributed by atoms with E-state index in [0.717, 1.165) is 24.0 Å². The van der Waals surface area contributed by atoms with Gasteiger partial charge in [-0.1, -0.05) is 24.3 Å². The van der Waals surface area contributed by atoms with E-state index < -0.39 is 16.3 Å². The molecule has 0 saturated heterocycles. The van der Waals surface area contributed by atoms with Crippen molar-refractivity contribution in [2.24, 2.45) is 7.05 Å². The molecule has 0 amide bonds. The van der Waals surface area contributed by atoms with E-state index in [1.165, 1.54) is 24.4 Å². The number of hydrogen-bond acceptors (Lipinski definition) is 6. The number of nitrogens with zero attached hydrogens (tertiary/aromatic N) is 3. The number of rotatable bonds is 6. The summed E-state index contributed by atoms with van der Waals surface area (Å²) >= 11 is 0. The second-order valence-corrected chi connectivity index (χ2v) is 7.58. The van der Waals surface area contributed by atoms with E-state index in [1.54, 1.807) is 17.8 Å². The predicted octanol–water partition coefficient (Wildman–Crippen LogP) is 3.20. The van der Waals surface area contributed by atoms with Crippen LogP contribution < -0.4 is 5.32 Å². The van der Waals surface area contributed by atoms with E-state index in [0.29, 0.717) is 6.42 Å². The van der Waals surface area contributed by atoms with Crippen LogP contribution in [0.3, 0.4) is 0 Å². The number of carbonyl (C=O) groups excluding carboxylic acids is 1. The Morgan fingerprint density at radius 2 is 2.13 bits per heavy atom. The molecule has 3 aromatic rings. The van der Waals surface area contributed by atoms with Crippen LogP contribution in [-0.2, 0) is 19.1 Å². The minimum absolute atomic E-state index is 0.136. The maximum absolute atomic E-state index is 12.6. The van der Waals surface area contributed by atoms with E-state index in [2.05, 4.69) is 10.3 Å². The van der Waals surface area contributed by atoms with Gasteiger partial charge in [-0.05, 0) is 42.5 Å². The van der Waals surface area contributed by atoms with Gasteiger partial charge in [-0.2, -0.15) is 0 Å². The number of ketones is 1. The summed E-state index contributed by atoms with van der Waals surface area (Å²) in [6.45, 7) is 0.136. The third kappa shape index (κ3) is 3.57. The van der Waals surface area contributed by atoms with Crippen molar-refractivity contribution < 1.29 is 14.8 Å². The Kier molecular flexibility index (Phi) is 5.09. The fraction of sp³-hybridized carbons (Fsp3) is 0.273. The Bertz CT molecular complexity index is 1120. The predicted molar refractivity (Wildman–Crippen MR) is 112 cm³/mol. The van der Waals surface area contributed by atoms with E-state index >= 15 is 0 Å². The van der Waals surface area contributed by atoms with Crippen molar-refractivity contribution in [3.05, 3.63) is 87.5 Å². The quantitative estimate of drug-likeness (QED) is 0.370. The molecule has 2 N–H and O–H groups in total. The van der Waals surface area contributed by atoms with Crippen molar-refractivity contribution in [2.45, 2.75) is 24.9 Å². The molecule has 0 spiro atoms. The van der Waals surface area contributed by atoms with Gasteiger partial charge in [0.25, 0.3) is 5.69 Å². The number of imidazole rings is 1. The SMILES string of the molecule is Cn1ccnc1C(=O)c1ccc(NCC2(O)CCCc3ccccc32)c([N+](=O)[O-])c1. The molecule has 1 unspecified atom stereocenters. The number of anilines is 1. The van der Waals surface area contributed by atoms with Gasteiger partial charge in [-0.15, -0.1) is 0 Å². The summed E-state index contributed by atoms with van der Waals surface area (Å²) in [5.74, 6) is -0.185. The first-order valence-corrected chi connectivity index (χ1v) is 9.74. The summed E-state index contributed by atoms with van der Waals surface area (Å²) in [5, 5.41) is 25.9. The third-order valence-corrected chi connectivity index (χ3v) is 5.61. The first-order valence-electron chi connectivity index (χ1n) is 9.74. The lowest BCUT2D eigenvalue weighted by molar-refractivity contribution is -0.384. The average Bonchev–Trinajstić information content (AvgIpc) is 3.18. The van der Waals surface area contributed by atoms with Crippen molar-refractivity contribution in [1.29, 1.82) is 0 Å². The number of aromatic nitrogens is 2. The summed E-state index contributed by atoms with van der Waals surface area (Å²) in [4.78, 5) is 27.8. The molecule has 8 nitrogen and oxygen atoms in total. The maximum atomic E-state index is 12.6. The van der Waals surface area contributed by atoms with Gasteiger partial charge in [0, 0.05) is 37.6 Å². The van der Waals surface area contributed by atoms with E-state index in [9.17, 15) is 20.0 Å². The van der Waals surface area contributed by atoms with Gasteiger partial charge in [0.2, 0.25) is 5.78 Å². The number of fused-ring (bicyclic) bond motifs is 1. The van der Waals surface area contributed by atoms with Crippen LogP contribution in [0.5, 0.6) is 0 Å². The monoisotopic (exact) mass is 406 g/mol. The average molecular weight is 406 g/mol. The Morgan fingerprint density at radius 1 is 1.33 bits per heavy atom. The first-order chi connectivity index (χ1) is 14.4. The molecule has 1 atom stereocenters. The number of nitro benzene ring substituents is 1. The molecule has 154 valence electrons. The van der Waals surface area contributed by atoms with Crippen LogP contribution in [0.15, 0.2) is 54.9 Å². The molecule has 1 aliphatic rings. The topological polar surface area (TPSA) is 110 Å². The summed E-state index contributed by atoms with van der Waals surface area (Å²) in [5.41, 5.74) is 1.06. The molecule has 1 heterocycles. The minimum atomic E-state index is -1.11. The van der Waals surface area contributed by atoms with Crippen LogP contribution in [-0.4, -0.2) is 31.9 Å². The van der Waals surface area contributed by atoms with Gasteiger partial charge < -0.3 is 15.0 Å². The molecule has 8 heteroatoms. The Morgan fingerprint density at radius 3 is 2.87 bits per heavy atom. The summed E-state index contributed by atoms with van der Waals surface area (Å²) in [7, 11) is 1.69. The number of carbonyl (C=O) groups is 1. The molecule has 30 heavy (non-hydrogen) atoms. The Balaban J connectivity index is 1.60.